The van der Waals surface area contributed by atoms with E-state index in [0.29, 0.717) is 6.04 Å². The van der Waals surface area contributed by atoms with E-state index < -0.39 is 0 Å². The normalized spacial score (nSPS) is 12.7. The van der Waals surface area contributed by atoms with Crippen LogP contribution in [0.15, 0.2) is 29.6 Å². The summed E-state index contributed by atoms with van der Waals surface area (Å²) in [6, 6.07) is 9.08. The third-order valence-electron chi connectivity index (χ3n) is 3.20. The molecule has 0 radical (unpaired) electrons. The van der Waals surface area contributed by atoms with E-state index in [0.717, 1.165) is 0 Å². The monoisotopic (exact) mass is 245 g/mol. The maximum absolute atomic E-state index is 3.44. The molecule has 1 N–H and O–H groups in total. The van der Waals surface area contributed by atoms with E-state index in [4.69, 9.17) is 0 Å². The van der Waals surface area contributed by atoms with Gasteiger partial charge in [-0.2, -0.15) is 0 Å². The highest BCUT2D eigenvalue weighted by Gasteiger charge is 2.17. The lowest BCUT2D eigenvalue weighted by atomic mass is 9.92. The molecule has 1 heterocycles. The molecule has 1 nitrogen and oxygen atoms in total. The zero-order valence-electron chi connectivity index (χ0n) is 10.9. The number of nitrogens with one attached hydrogen (secondary N) is 1. The van der Waals surface area contributed by atoms with Gasteiger partial charge in [0.05, 0.1) is 6.04 Å². The topological polar surface area (TPSA) is 12.0 Å². The first-order valence-corrected chi connectivity index (χ1v) is 6.80. The summed E-state index contributed by atoms with van der Waals surface area (Å²) in [4.78, 5) is 1.37. The molecular formula is C15H19NS. The van der Waals surface area contributed by atoms with Crippen molar-refractivity contribution < 1.29 is 0 Å². The second-order valence-corrected chi connectivity index (χ2v) is 5.63. The maximum atomic E-state index is 3.44. The number of aryl methyl sites for hydroxylation is 3. The molecule has 1 atom stereocenters. The first kappa shape index (κ1) is 12.3. The summed E-state index contributed by atoms with van der Waals surface area (Å²) < 4.78 is 0. The molecule has 2 aromatic rings. The fraction of sp³-hybridized carbons (Fsp3) is 0.333. The molecule has 2 heteroatoms. The average Bonchev–Trinajstić information content (AvgIpc) is 2.70. The molecule has 0 bridgehead atoms. The van der Waals surface area contributed by atoms with Gasteiger partial charge in [0.15, 0.2) is 0 Å². The molecule has 0 aliphatic carbocycles. The van der Waals surface area contributed by atoms with Crippen LogP contribution in [0.25, 0.3) is 0 Å². The summed E-state index contributed by atoms with van der Waals surface area (Å²) >= 11 is 1.81. The minimum Gasteiger partial charge on any atom is -0.309 e. The minimum absolute atomic E-state index is 0.307. The van der Waals surface area contributed by atoms with Gasteiger partial charge in [-0.05, 0) is 61.5 Å². The first-order valence-electron chi connectivity index (χ1n) is 5.92. The van der Waals surface area contributed by atoms with Gasteiger partial charge in [-0.15, -0.1) is 11.3 Å². The second kappa shape index (κ2) is 5.03. The number of benzene rings is 1. The molecule has 0 aliphatic rings. The van der Waals surface area contributed by atoms with E-state index in [1.54, 1.807) is 0 Å². The van der Waals surface area contributed by atoms with Crippen LogP contribution in [0.5, 0.6) is 0 Å². The van der Waals surface area contributed by atoms with Crippen LogP contribution in [0.1, 0.15) is 33.2 Å². The largest absolute Gasteiger partial charge is 0.309 e. The van der Waals surface area contributed by atoms with E-state index in [1.165, 1.54) is 27.1 Å². The molecule has 2 rings (SSSR count). The zero-order valence-corrected chi connectivity index (χ0v) is 11.7. The Hall–Kier alpha value is -1.12. The summed E-state index contributed by atoms with van der Waals surface area (Å²) in [6.45, 7) is 6.53. The van der Waals surface area contributed by atoms with Gasteiger partial charge in [-0.25, -0.2) is 0 Å². The standard InChI is InChI=1S/C15H19NS/c1-10-6-5-7-11(2)14(10)15(16-4)13-8-12(3)17-9-13/h5-9,15-16H,1-4H3. The second-order valence-electron chi connectivity index (χ2n) is 4.52. The third kappa shape index (κ3) is 2.43. The van der Waals surface area contributed by atoms with E-state index in [1.807, 2.05) is 18.4 Å². The third-order valence-corrected chi connectivity index (χ3v) is 4.08. The van der Waals surface area contributed by atoms with Crippen LogP contribution < -0.4 is 5.32 Å². The van der Waals surface area contributed by atoms with E-state index >= 15 is 0 Å². The molecule has 0 fully saturated rings. The molecule has 0 saturated carbocycles. The molecule has 90 valence electrons. The SMILES string of the molecule is CNC(c1csc(C)c1)c1c(C)cccc1C. The van der Waals surface area contributed by atoms with Crippen LogP contribution in [-0.4, -0.2) is 7.05 Å². The van der Waals surface area contributed by atoms with Crippen molar-refractivity contribution in [2.24, 2.45) is 0 Å². The van der Waals surface area contributed by atoms with Gasteiger partial charge in [-0.1, -0.05) is 18.2 Å². The smallest absolute Gasteiger partial charge is 0.0587 e. The summed E-state index contributed by atoms with van der Waals surface area (Å²) in [6.07, 6.45) is 0. The lowest BCUT2D eigenvalue weighted by Crippen LogP contribution is -2.19. The van der Waals surface area contributed by atoms with Crippen LogP contribution >= 0.6 is 11.3 Å². The molecule has 0 amide bonds. The Morgan fingerprint density at radius 1 is 1.12 bits per heavy atom. The van der Waals surface area contributed by atoms with Gasteiger partial charge >= 0.3 is 0 Å². The molecule has 17 heavy (non-hydrogen) atoms. The molecule has 1 aromatic heterocycles. The Morgan fingerprint density at radius 3 is 2.24 bits per heavy atom. The maximum Gasteiger partial charge on any atom is 0.0587 e. The fourth-order valence-corrected chi connectivity index (χ4v) is 3.11. The van der Waals surface area contributed by atoms with Crippen molar-refractivity contribution in [3.63, 3.8) is 0 Å². The Morgan fingerprint density at radius 2 is 1.76 bits per heavy atom. The van der Waals surface area contributed by atoms with E-state index in [9.17, 15) is 0 Å². The van der Waals surface area contributed by atoms with Crippen molar-refractivity contribution in [2.75, 3.05) is 7.05 Å². The first-order chi connectivity index (χ1) is 8.13. The summed E-state index contributed by atoms with van der Waals surface area (Å²) in [5.41, 5.74) is 5.49. The van der Waals surface area contributed by atoms with Gasteiger partial charge in [0.2, 0.25) is 0 Å². The van der Waals surface area contributed by atoms with Gasteiger partial charge in [-0.3, -0.25) is 0 Å². The van der Waals surface area contributed by atoms with E-state index in [-0.39, 0.29) is 0 Å². The lowest BCUT2D eigenvalue weighted by Gasteiger charge is -2.20. The van der Waals surface area contributed by atoms with Crippen molar-refractivity contribution in [1.82, 2.24) is 5.32 Å². The van der Waals surface area contributed by atoms with Crippen LogP contribution in [0, 0.1) is 20.8 Å². The highest BCUT2D eigenvalue weighted by atomic mass is 32.1. The van der Waals surface area contributed by atoms with Crippen LogP contribution in [0.3, 0.4) is 0 Å². The quantitative estimate of drug-likeness (QED) is 0.862. The highest BCUT2D eigenvalue weighted by Crippen LogP contribution is 2.30. The molecule has 1 unspecified atom stereocenters. The van der Waals surface area contributed by atoms with Crippen molar-refractivity contribution >= 4 is 11.3 Å². The molecule has 0 saturated heterocycles. The van der Waals surface area contributed by atoms with Gasteiger partial charge in [0.25, 0.3) is 0 Å². The Balaban J connectivity index is 2.49. The van der Waals surface area contributed by atoms with Crippen LogP contribution in [0.4, 0.5) is 0 Å². The Bertz CT molecular complexity index is 493. The molecular weight excluding hydrogens is 226 g/mol. The summed E-state index contributed by atoms with van der Waals surface area (Å²) in [5.74, 6) is 0. The number of hydrogen-bond donors (Lipinski definition) is 1. The minimum atomic E-state index is 0.307. The van der Waals surface area contributed by atoms with Gasteiger partial charge in [0.1, 0.15) is 0 Å². The van der Waals surface area contributed by atoms with Crippen molar-refractivity contribution in [1.29, 1.82) is 0 Å². The van der Waals surface area contributed by atoms with E-state index in [2.05, 4.69) is 55.7 Å². The van der Waals surface area contributed by atoms with Crippen LogP contribution in [0.2, 0.25) is 0 Å². The lowest BCUT2D eigenvalue weighted by molar-refractivity contribution is 0.685. The molecule has 0 aliphatic heterocycles. The van der Waals surface area contributed by atoms with Crippen molar-refractivity contribution in [2.45, 2.75) is 26.8 Å². The molecule has 0 spiro atoms. The predicted molar refractivity (Wildman–Crippen MR) is 75.9 cm³/mol. The fourth-order valence-electron chi connectivity index (χ4n) is 2.38. The zero-order chi connectivity index (χ0) is 12.4. The highest BCUT2D eigenvalue weighted by molar-refractivity contribution is 7.10. The van der Waals surface area contributed by atoms with Crippen molar-refractivity contribution in [3.05, 3.63) is 56.8 Å². The summed E-state index contributed by atoms with van der Waals surface area (Å²) in [5, 5.41) is 5.69. The van der Waals surface area contributed by atoms with Gasteiger partial charge < -0.3 is 5.32 Å². The van der Waals surface area contributed by atoms with Gasteiger partial charge in [0, 0.05) is 4.88 Å². The average molecular weight is 245 g/mol. The molecule has 1 aromatic carbocycles. The number of thiophene rings is 1. The summed E-state index contributed by atoms with van der Waals surface area (Å²) in [7, 11) is 2.03. The Labute approximate surface area is 108 Å². The van der Waals surface area contributed by atoms with Crippen LogP contribution in [-0.2, 0) is 0 Å². The number of rotatable bonds is 3. The predicted octanol–water partition coefficient (Wildman–Crippen LogP) is 3.98. The van der Waals surface area contributed by atoms with Crippen molar-refractivity contribution in [3.8, 4) is 0 Å². The number of hydrogen-bond acceptors (Lipinski definition) is 2. The Kier molecular flexibility index (Phi) is 3.65.